The molecule has 2 atom stereocenters. The Bertz CT molecular complexity index is 1160. The maximum absolute atomic E-state index is 14.0. The second-order valence-electron chi connectivity index (χ2n) is 7.94. The number of likely N-dealkylation sites (N-methyl/N-ethyl adjacent to an activating group) is 1. The molecule has 1 saturated heterocycles. The zero-order chi connectivity index (χ0) is 23.2. The minimum atomic E-state index is -0.987. The minimum Gasteiger partial charge on any atom is -0.503 e. The van der Waals surface area contributed by atoms with Gasteiger partial charge in [-0.05, 0) is 31.9 Å². The fourth-order valence-electron chi connectivity index (χ4n) is 4.38. The van der Waals surface area contributed by atoms with E-state index < -0.39 is 34.6 Å². The molecule has 170 valence electrons. The Morgan fingerprint density at radius 3 is 2.72 bits per heavy atom. The molecule has 32 heavy (non-hydrogen) atoms. The van der Waals surface area contributed by atoms with Gasteiger partial charge in [-0.25, -0.2) is 8.78 Å². The summed E-state index contributed by atoms with van der Waals surface area (Å²) in [5.74, 6) is -3.67. The van der Waals surface area contributed by atoms with Gasteiger partial charge in [-0.1, -0.05) is 0 Å². The largest absolute Gasteiger partial charge is 0.503 e. The summed E-state index contributed by atoms with van der Waals surface area (Å²) in [5, 5.41) is 13.0. The van der Waals surface area contributed by atoms with Gasteiger partial charge in [0.15, 0.2) is 11.4 Å². The van der Waals surface area contributed by atoms with Crippen LogP contribution in [-0.2, 0) is 11.3 Å². The summed E-state index contributed by atoms with van der Waals surface area (Å²) < 4.78 is 34.5. The van der Waals surface area contributed by atoms with Crippen molar-refractivity contribution >= 4 is 11.8 Å². The van der Waals surface area contributed by atoms with E-state index in [-0.39, 0.29) is 41.0 Å². The van der Waals surface area contributed by atoms with Crippen LogP contribution in [0, 0.1) is 18.6 Å². The summed E-state index contributed by atoms with van der Waals surface area (Å²) in [6.07, 6.45) is 1.80. The van der Waals surface area contributed by atoms with Gasteiger partial charge in [-0.2, -0.15) is 0 Å². The Kier molecular flexibility index (Phi) is 5.72. The topological polar surface area (TPSA) is 101 Å². The lowest BCUT2D eigenvalue weighted by Gasteiger charge is -2.45. The van der Waals surface area contributed by atoms with Crippen molar-refractivity contribution < 1.29 is 28.2 Å². The van der Waals surface area contributed by atoms with Gasteiger partial charge in [-0.15, -0.1) is 0 Å². The van der Waals surface area contributed by atoms with E-state index in [1.54, 1.807) is 11.8 Å². The summed E-state index contributed by atoms with van der Waals surface area (Å²) in [5.41, 5.74) is -1.24. The Labute approximate surface area is 182 Å². The molecule has 4 rings (SSSR count). The molecule has 0 unspecified atom stereocenters. The monoisotopic (exact) mass is 447 g/mol. The first kappa shape index (κ1) is 21.9. The Hall–Kier alpha value is -3.27. The number of carbonyl (C=O) groups excluding carboxylic acids is 2. The van der Waals surface area contributed by atoms with Gasteiger partial charge in [0, 0.05) is 37.5 Å². The van der Waals surface area contributed by atoms with Crippen LogP contribution in [0.15, 0.2) is 23.1 Å². The zero-order valence-electron chi connectivity index (χ0n) is 17.7. The number of aromatic hydroxyl groups is 1. The van der Waals surface area contributed by atoms with E-state index in [4.69, 9.17) is 4.74 Å². The van der Waals surface area contributed by atoms with Crippen LogP contribution in [0.1, 0.15) is 51.4 Å². The van der Waals surface area contributed by atoms with Crippen LogP contribution in [0.4, 0.5) is 8.78 Å². The van der Waals surface area contributed by atoms with E-state index >= 15 is 0 Å². The van der Waals surface area contributed by atoms with Crippen LogP contribution < -0.4 is 10.7 Å². The average molecular weight is 447 g/mol. The van der Waals surface area contributed by atoms with Crippen molar-refractivity contribution in [1.82, 2.24) is 14.8 Å². The molecule has 1 aromatic heterocycles. The van der Waals surface area contributed by atoms with Gasteiger partial charge in [-0.3, -0.25) is 14.4 Å². The van der Waals surface area contributed by atoms with Crippen molar-refractivity contribution in [2.24, 2.45) is 0 Å². The second kappa shape index (κ2) is 8.34. The lowest BCUT2D eigenvalue weighted by Crippen LogP contribution is -2.55. The molecule has 0 radical (unpaired) electrons. The molecule has 2 aliphatic heterocycles. The number of nitrogens with zero attached hydrogens (tertiary/aromatic N) is 2. The Morgan fingerprint density at radius 1 is 1.25 bits per heavy atom. The molecule has 2 N–H and O–H groups in total. The first-order valence-corrected chi connectivity index (χ1v) is 10.3. The molecule has 2 amide bonds. The highest BCUT2D eigenvalue weighted by Crippen LogP contribution is 2.35. The zero-order valence-corrected chi connectivity index (χ0v) is 17.7. The lowest BCUT2D eigenvalue weighted by atomic mass is 9.96. The van der Waals surface area contributed by atoms with Gasteiger partial charge in [0.05, 0.1) is 18.7 Å². The van der Waals surface area contributed by atoms with E-state index in [1.165, 1.54) is 23.8 Å². The number of nitrogens with one attached hydrogen (secondary N) is 1. The number of benzene rings is 1. The highest BCUT2D eigenvalue weighted by Gasteiger charge is 2.43. The van der Waals surface area contributed by atoms with Crippen molar-refractivity contribution in [2.75, 3.05) is 19.8 Å². The van der Waals surface area contributed by atoms with Crippen LogP contribution in [-0.4, -0.2) is 52.2 Å². The number of rotatable bonds is 4. The van der Waals surface area contributed by atoms with Gasteiger partial charge >= 0.3 is 0 Å². The molecular formula is C22H23F2N3O5. The van der Waals surface area contributed by atoms with Gasteiger partial charge < -0.3 is 24.6 Å². The minimum absolute atomic E-state index is 0.0535. The van der Waals surface area contributed by atoms with Crippen molar-refractivity contribution in [3.63, 3.8) is 0 Å². The highest BCUT2D eigenvalue weighted by molar-refractivity contribution is 5.99. The van der Waals surface area contributed by atoms with Gasteiger partial charge in [0.2, 0.25) is 5.43 Å². The predicted molar refractivity (Wildman–Crippen MR) is 110 cm³/mol. The number of pyridine rings is 1. The highest BCUT2D eigenvalue weighted by atomic mass is 19.1. The molecule has 2 aliphatic rings. The first-order valence-electron chi connectivity index (χ1n) is 10.3. The van der Waals surface area contributed by atoms with Crippen LogP contribution in [0.5, 0.6) is 5.75 Å². The number of halogens is 2. The van der Waals surface area contributed by atoms with Crippen LogP contribution in [0.2, 0.25) is 0 Å². The number of aromatic nitrogens is 1. The normalized spacial score (nSPS) is 20.0. The van der Waals surface area contributed by atoms with Gasteiger partial charge in [0.25, 0.3) is 11.8 Å². The number of hydrogen-bond acceptors (Lipinski definition) is 5. The molecule has 3 heterocycles. The van der Waals surface area contributed by atoms with Crippen LogP contribution in [0.3, 0.4) is 0 Å². The van der Waals surface area contributed by atoms with E-state index in [1.807, 2.05) is 0 Å². The van der Waals surface area contributed by atoms with Crippen LogP contribution >= 0.6 is 0 Å². The predicted octanol–water partition coefficient (Wildman–Crippen LogP) is 1.88. The summed E-state index contributed by atoms with van der Waals surface area (Å²) in [6.45, 7) is 4.10. The summed E-state index contributed by atoms with van der Waals surface area (Å²) in [7, 11) is 0. The molecule has 10 heteroatoms. The van der Waals surface area contributed by atoms with E-state index in [2.05, 4.69) is 5.32 Å². The van der Waals surface area contributed by atoms with Crippen molar-refractivity contribution in [1.29, 1.82) is 0 Å². The number of aryl methyl sites for hydroxylation is 1. The molecule has 2 aromatic rings. The molecule has 8 nitrogen and oxygen atoms in total. The molecule has 0 saturated carbocycles. The summed E-state index contributed by atoms with van der Waals surface area (Å²) in [4.78, 5) is 40.0. The molecule has 1 fully saturated rings. The molecule has 1 aromatic carbocycles. The van der Waals surface area contributed by atoms with E-state index in [0.29, 0.717) is 26.2 Å². The van der Waals surface area contributed by atoms with Crippen molar-refractivity contribution in [2.45, 2.75) is 38.9 Å². The van der Waals surface area contributed by atoms with Gasteiger partial charge in [0.1, 0.15) is 17.2 Å². The molecular weight excluding hydrogens is 424 g/mol. The summed E-state index contributed by atoms with van der Waals surface area (Å²) in [6, 6.07) is 1.44. The third-order valence-corrected chi connectivity index (χ3v) is 6.07. The third kappa shape index (κ3) is 3.54. The Balaban J connectivity index is 1.69. The average Bonchev–Trinajstić information content (AvgIpc) is 2.77. The number of carbonyl (C=O) groups is 2. The lowest BCUT2D eigenvalue weighted by molar-refractivity contribution is -0.0176. The smallest absolute Gasteiger partial charge is 0.274 e. The first-order chi connectivity index (χ1) is 15.2. The molecule has 0 bridgehead atoms. The summed E-state index contributed by atoms with van der Waals surface area (Å²) >= 11 is 0. The Morgan fingerprint density at radius 2 is 2.00 bits per heavy atom. The third-order valence-electron chi connectivity index (χ3n) is 6.07. The fourth-order valence-corrected chi connectivity index (χ4v) is 4.38. The van der Waals surface area contributed by atoms with Crippen molar-refractivity contribution in [3.8, 4) is 5.75 Å². The SMILES string of the molecule is CCN1C(=O)c2c(O)c(=O)c(C(=O)NCc3cc(C)c(F)cc3F)cn2[C@H]2CCOC[C@H]21. The number of fused-ring (bicyclic) bond motifs is 3. The van der Waals surface area contributed by atoms with E-state index in [0.717, 1.165) is 6.07 Å². The quantitative estimate of drug-likeness (QED) is 0.746. The molecule has 0 aliphatic carbocycles. The number of ether oxygens (including phenoxy) is 1. The standard InChI is InChI=1S/C22H23F2N3O5/c1-3-26-17-10-32-5-4-16(17)27-9-13(19(28)20(29)18(27)22(26)31)21(30)25-8-12-6-11(2)14(23)7-15(12)24/h6-7,9,16-17,29H,3-5,8,10H2,1-2H3,(H,25,30)/t16-,17+/m0/s1. The number of amides is 2. The second-order valence-corrected chi connectivity index (χ2v) is 7.94. The van der Waals surface area contributed by atoms with Crippen molar-refractivity contribution in [3.05, 3.63) is 62.6 Å². The maximum Gasteiger partial charge on any atom is 0.274 e. The fraction of sp³-hybridized carbons (Fsp3) is 0.409. The van der Waals surface area contributed by atoms with E-state index in [9.17, 15) is 28.3 Å². The van der Waals surface area contributed by atoms with Crippen LogP contribution in [0.25, 0.3) is 0 Å². The number of hydrogen-bond donors (Lipinski definition) is 2. The maximum atomic E-state index is 14.0. The molecule has 0 spiro atoms.